The van der Waals surface area contributed by atoms with Crippen molar-refractivity contribution in [2.45, 2.75) is 50.7 Å². The van der Waals surface area contributed by atoms with Crippen molar-refractivity contribution in [3.8, 4) is 5.88 Å². The number of hydrogen-bond donors (Lipinski definition) is 1. The molecular formula is C15H23N3O. The van der Waals surface area contributed by atoms with E-state index in [0.29, 0.717) is 24.0 Å². The number of rotatable bonds is 4. The van der Waals surface area contributed by atoms with Gasteiger partial charge in [0.2, 0.25) is 5.88 Å². The SMILES string of the molecule is CCNC1CC2CCC(C1)N2c1ccc(OC)nc1. The van der Waals surface area contributed by atoms with Crippen LogP contribution in [0.1, 0.15) is 32.6 Å². The molecule has 0 amide bonds. The maximum atomic E-state index is 5.14. The van der Waals surface area contributed by atoms with E-state index in [1.54, 1.807) is 7.11 Å². The molecule has 0 saturated carbocycles. The van der Waals surface area contributed by atoms with Crippen molar-refractivity contribution in [1.29, 1.82) is 0 Å². The van der Waals surface area contributed by atoms with Gasteiger partial charge < -0.3 is 15.0 Å². The van der Waals surface area contributed by atoms with E-state index >= 15 is 0 Å². The molecule has 3 heterocycles. The van der Waals surface area contributed by atoms with Gasteiger partial charge in [-0.2, -0.15) is 0 Å². The Morgan fingerprint density at radius 2 is 2.05 bits per heavy atom. The fourth-order valence-electron chi connectivity index (χ4n) is 3.70. The lowest BCUT2D eigenvalue weighted by Gasteiger charge is -2.40. The molecule has 1 N–H and O–H groups in total. The number of pyridine rings is 1. The maximum Gasteiger partial charge on any atom is 0.213 e. The Kier molecular flexibility index (Phi) is 3.60. The highest BCUT2D eigenvalue weighted by molar-refractivity contribution is 5.49. The summed E-state index contributed by atoms with van der Waals surface area (Å²) in [6, 6.07) is 6.16. The third kappa shape index (κ3) is 2.41. The predicted octanol–water partition coefficient (Wildman–Crippen LogP) is 2.20. The van der Waals surface area contributed by atoms with Gasteiger partial charge in [-0.05, 0) is 38.3 Å². The minimum atomic E-state index is 0.679. The van der Waals surface area contributed by atoms with E-state index in [2.05, 4.69) is 28.2 Å². The normalized spacial score (nSPS) is 29.6. The van der Waals surface area contributed by atoms with Crippen LogP contribution >= 0.6 is 0 Å². The van der Waals surface area contributed by atoms with E-state index in [0.717, 1.165) is 6.54 Å². The third-order valence-corrected chi connectivity index (χ3v) is 4.45. The fourth-order valence-corrected chi connectivity index (χ4v) is 3.70. The lowest BCUT2D eigenvalue weighted by molar-refractivity contribution is 0.361. The lowest BCUT2D eigenvalue weighted by Crippen LogP contribution is -2.49. The van der Waals surface area contributed by atoms with Crippen molar-refractivity contribution in [3.63, 3.8) is 0 Å². The van der Waals surface area contributed by atoms with Crippen molar-refractivity contribution >= 4 is 5.69 Å². The van der Waals surface area contributed by atoms with Crippen LogP contribution < -0.4 is 15.0 Å². The summed E-state index contributed by atoms with van der Waals surface area (Å²) in [4.78, 5) is 6.93. The van der Waals surface area contributed by atoms with E-state index in [1.165, 1.54) is 31.4 Å². The van der Waals surface area contributed by atoms with Crippen molar-refractivity contribution < 1.29 is 4.74 Å². The van der Waals surface area contributed by atoms with Crippen LogP contribution in [0.3, 0.4) is 0 Å². The first-order valence-corrected chi connectivity index (χ1v) is 7.33. The van der Waals surface area contributed by atoms with Gasteiger partial charge >= 0.3 is 0 Å². The van der Waals surface area contributed by atoms with Crippen molar-refractivity contribution in [2.24, 2.45) is 0 Å². The number of fused-ring (bicyclic) bond motifs is 2. The third-order valence-electron chi connectivity index (χ3n) is 4.45. The van der Waals surface area contributed by atoms with Crippen LogP contribution in [0.15, 0.2) is 18.3 Å². The van der Waals surface area contributed by atoms with Crippen molar-refractivity contribution in [2.75, 3.05) is 18.6 Å². The lowest BCUT2D eigenvalue weighted by atomic mass is 9.97. The van der Waals surface area contributed by atoms with Gasteiger partial charge in [0.05, 0.1) is 19.0 Å². The largest absolute Gasteiger partial charge is 0.481 e. The molecule has 0 radical (unpaired) electrons. The summed E-state index contributed by atoms with van der Waals surface area (Å²) >= 11 is 0. The minimum Gasteiger partial charge on any atom is -0.481 e. The number of nitrogens with one attached hydrogen (secondary N) is 1. The molecule has 4 nitrogen and oxygen atoms in total. The zero-order valence-corrected chi connectivity index (χ0v) is 11.8. The smallest absolute Gasteiger partial charge is 0.213 e. The summed E-state index contributed by atoms with van der Waals surface area (Å²) in [6.45, 7) is 3.27. The van der Waals surface area contributed by atoms with Crippen molar-refractivity contribution in [1.82, 2.24) is 10.3 Å². The van der Waals surface area contributed by atoms with Crippen LogP contribution in [0.4, 0.5) is 5.69 Å². The number of methoxy groups -OCH3 is 1. The highest BCUT2D eigenvalue weighted by Gasteiger charge is 2.40. The molecule has 2 fully saturated rings. The Balaban J connectivity index is 1.75. The maximum absolute atomic E-state index is 5.14. The molecule has 0 spiro atoms. The van der Waals surface area contributed by atoms with Crippen LogP contribution in [-0.4, -0.2) is 36.8 Å². The minimum absolute atomic E-state index is 0.679. The molecule has 0 aromatic carbocycles. The first-order chi connectivity index (χ1) is 9.31. The van der Waals surface area contributed by atoms with E-state index in [1.807, 2.05) is 12.3 Å². The quantitative estimate of drug-likeness (QED) is 0.901. The fraction of sp³-hybridized carbons (Fsp3) is 0.667. The first-order valence-electron chi connectivity index (χ1n) is 7.33. The van der Waals surface area contributed by atoms with E-state index in [4.69, 9.17) is 4.74 Å². The molecule has 3 rings (SSSR count). The molecule has 19 heavy (non-hydrogen) atoms. The molecule has 2 saturated heterocycles. The number of piperidine rings is 1. The molecule has 2 atom stereocenters. The average Bonchev–Trinajstić information content (AvgIpc) is 2.71. The molecule has 2 unspecified atom stereocenters. The van der Waals surface area contributed by atoms with Gasteiger partial charge in [0, 0.05) is 24.2 Å². The number of aromatic nitrogens is 1. The zero-order valence-electron chi connectivity index (χ0n) is 11.8. The summed E-state index contributed by atoms with van der Waals surface area (Å²) in [5.74, 6) is 0.693. The Morgan fingerprint density at radius 1 is 1.32 bits per heavy atom. The summed E-state index contributed by atoms with van der Waals surface area (Å²) < 4.78 is 5.14. The zero-order chi connectivity index (χ0) is 13.2. The summed E-state index contributed by atoms with van der Waals surface area (Å²) in [6.07, 6.45) is 7.11. The molecule has 104 valence electrons. The monoisotopic (exact) mass is 261 g/mol. The second-order valence-corrected chi connectivity index (χ2v) is 5.58. The Hall–Kier alpha value is -1.29. The molecule has 2 aliphatic rings. The molecule has 2 aliphatic heterocycles. The average molecular weight is 261 g/mol. The Labute approximate surface area is 115 Å². The van der Waals surface area contributed by atoms with Gasteiger partial charge in [-0.1, -0.05) is 6.92 Å². The number of anilines is 1. The van der Waals surface area contributed by atoms with Gasteiger partial charge in [-0.25, -0.2) is 4.98 Å². The summed E-state index contributed by atoms with van der Waals surface area (Å²) in [5.41, 5.74) is 1.25. The van der Waals surface area contributed by atoms with Crippen LogP contribution in [0.25, 0.3) is 0 Å². The molecule has 2 bridgehead atoms. The van der Waals surface area contributed by atoms with Gasteiger partial charge in [-0.3, -0.25) is 0 Å². The molecule has 1 aromatic rings. The molecular weight excluding hydrogens is 238 g/mol. The van der Waals surface area contributed by atoms with Crippen LogP contribution in [-0.2, 0) is 0 Å². The number of hydrogen-bond acceptors (Lipinski definition) is 4. The second-order valence-electron chi connectivity index (χ2n) is 5.58. The summed E-state index contributed by atoms with van der Waals surface area (Å²) in [7, 11) is 1.66. The highest BCUT2D eigenvalue weighted by atomic mass is 16.5. The molecule has 4 heteroatoms. The molecule has 1 aromatic heterocycles. The van der Waals surface area contributed by atoms with Crippen LogP contribution in [0.5, 0.6) is 5.88 Å². The van der Waals surface area contributed by atoms with Crippen LogP contribution in [0, 0.1) is 0 Å². The second kappa shape index (κ2) is 5.37. The van der Waals surface area contributed by atoms with Crippen molar-refractivity contribution in [3.05, 3.63) is 18.3 Å². The Bertz CT molecular complexity index is 406. The van der Waals surface area contributed by atoms with E-state index in [9.17, 15) is 0 Å². The number of ether oxygens (including phenoxy) is 1. The standard InChI is InChI=1S/C15H23N3O/c1-3-16-11-8-12-4-5-13(9-11)18(12)14-6-7-15(19-2)17-10-14/h6-7,10-13,16H,3-5,8-9H2,1-2H3. The highest BCUT2D eigenvalue weighted by Crippen LogP contribution is 2.39. The Morgan fingerprint density at radius 3 is 2.58 bits per heavy atom. The van der Waals surface area contributed by atoms with Gasteiger partial charge in [0.15, 0.2) is 0 Å². The predicted molar refractivity (Wildman–Crippen MR) is 76.8 cm³/mol. The van der Waals surface area contributed by atoms with E-state index < -0.39 is 0 Å². The summed E-state index contributed by atoms with van der Waals surface area (Å²) in [5, 5.41) is 3.61. The van der Waals surface area contributed by atoms with Gasteiger partial charge in [0.25, 0.3) is 0 Å². The van der Waals surface area contributed by atoms with Gasteiger partial charge in [-0.15, -0.1) is 0 Å². The first kappa shape index (κ1) is 12.7. The number of nitrogens with zero attached hydrogens (tertiary/aromatic N) is 2. The van der Waals surface area contributed by atoms with Crippen LogP contribution in [0.2, 0.25) is 0 Å². The van der Waals surface area contributed by atoms with E-state index in [-0.39, 0.29) is 0 Å². The molecule has 0 aliphatic carbocycles. The topological polar surface area (TPSA) is 37.4 Å². The van der Waals surface area contributed by atoms with Gasteiger partial charge in [0.1, 0.15) is 0 Å².